The molecule has 5 nitrogen and oxygen atoms in total. The van der Waals surface area contributed by atoms with Gasteiger partial charge in [0.15, 0.2) is 5.78 Å². The fourth-order valence-corrected chi connectivity index (χ4v) is 3.69. The zero-order valence-electron chi connectivity index (χ0n) is 14.8. The third kappa shape index (κ3) is 7.04. The minimum Gasteiger partial charge on any atom is -0.481 e. The number of hydrogen-bond donors (Lipinski definition) is 1. The van der Waals surface area contributed by atoms with E-state index in [1.165, 1.54) is 11.8 Å². The van der Waals surface area contributed by atoms with Gasteiger partial charge < -0.3 is 10.0 Å². The lowest BCUT2D eigenvalue weighted by Crippen LogP contribution is -2.32. The highest BCUT2D eigenvalue weighted by molar-refractivity contribution is 7.99. The first kappa shape index (κ1) is 20.2. The number of carbonyl (C=O) groups is 3. The molecule has 0 bridgehead atoms. The highest BCUT2D eigenvalue weighted by Crippen LogP contribution is 2.21. The molecule has 1 aliphatic rings. The number of carboxylic acids is 1. The molecule has 0 spiro atoms. The van der Waals surface area contributed by atoms with Gasteiger partial charge in [-0.2, -0.15) is 11.8 Å². The van der Waals surface area contributed by atoms with E-state index in [4.69, 9.17) is 5.11 Å². The fraction of sp³-hybridized carbons (Fsp3) is 0.450. The van der Waals surface area contributed by atoms with Gasteiger partial charge in [-0.05, 0) is 36.7 Å². The molecule has 0 aliphatic carbocycles. The van der Waals surface area contributed by atoms with Crippen molar-refractivity contribution in [2.75, 3.05) is 18.1 Å². The third-order valence-electron chi connectivity index (χ3n) is 4.26. The fourth-order valence-electron chi connectivity index (χ4n) is 2.97. The van der Waals surface area contributed by atoms with Gasteiger partial charge in [0.1, 0.15) is 0 Å². The molecule has 0 unspecified atom stereocenters. The number of benzene rings is 1. The van der Waals surface area contributed by atoms with Crippen LogP contribution in [0.15, 0.2) is 42.5 Å². The van der Waals surface area contributed by atoms with Crippen molar-refractivity contribution < 1.29 is 19.5 Å². The molecule has 0 aromatic heterocycles. The first-order chi connectivity index (χ1) is 12.6. The second-order valence-corrected chi connectivity index (χ2v) is 7.44. The summed E-state index contributed by atoms with van der Waals surface area (Å²) >= 11 is 1.40. The summed E-state index contributed by atoms with van der Waals surface area (Å²) in [6, 6.07) is 9.61. The molecule has 0 saturated carbocycles. The molecular weight excluding hydrogens is 350 g/mol. The Morgan fingerprint density at radius 2 is 2.00 bits per heavy atom. The van der Waals surface area contributed by atoms with E-state index < -0.39 is 5.97 Å². The van der Waals surface area contributed by atoms with E-state index in [1.54, 1.807) is 6.08 Å². The van der Waals surface area contributed by atoms with Gasteiger partial charge in [-0.25, -0.2) is 0 Å². The maximum absolute atomic E-state index is 12.1. The minimum absolute atomic E-state index is 0.00565. The number of thioether (sulfide) groups is 1. The second-order valence-electron chi connectivity index (χ2n) is 6.33. The standard InChI is InChI=1S/C20H25NO4S/c22-18(14-16-6-2-1-3-7-16)10-8-17-9-11-19(23)21(17)12-4-5-13-26-15-20(24)25/h1-3,6-8,10,17H,4-5,9,11-15H2,(H,24,25)/t17-/m0/s1. The summed E-state index contributed by atoms with van der Waals surface area (Å²) in [7, 11) is 0. The molecule has 1 N–H and O–H groups in total. The van der Waals surface area contributed by atoms with E-state index in [1.807, 2.05) is 41.3 Å². The Hall–Kier alpha value is -2.08. The van der Waals surface area contributed by atoms with E-state index in [2.05, 4.69) is 0 Å². The lowest BCUT2D eigenvalue weighted by molar-refractivity contribution is -0.134. The molecule has 1 saturated heterocycles. The maximum Gasteiger partial charge on any atom is 0.313 e. The number of amides is 1. The molecule has 1 heterocycles. The van der Waals surface area contributed by atoms with Gasteiger partial charge in [-0.3, -0.25) is 14.4 Å². The van der Waals surface area contributed by atoms with E-state index >= 15 is 0 Å². The van der Waals surface area contributed by atoms with Crippen LogP contribution in [0.4, 0.5) is 0 Å². The Balaban J connectivity index is 1.75. The zero-order chi connectivity index (χ0) is 18.8. The van der Waals surface area contributed by atoms with Crippen molar-refractivity contribution in [3.63, 3.8) is 0 Å². The Labute approximate surface area is 158 Å². The normalized spacial score (nSPS) is 17.2. The summed E-state index contributed by atoms with van der Waals surface area (Å²) in [5.41, 5.74) is 0.986. The molecule has 1 atom stereocenters. The topological polar surface area (TPSA) is 74.7 Å². The predicted molar refractivity (Wildman–Crippen MR) is 103 cm³/mol. The molecule has 1 fully saturated rings. The molecule has 6 heteroatoms. The lowest BCUT2D eigenvalue weighted by atomic mass is 10.1. The van der Waals surface area contributed by atoms with Crippen molar-refractivity contribution in [3.05, 3.63) is 48.0 Å². The Kier molecular flexibility index (Phi) is 8.41. The van der Waals surface area contributed by atoms with Crippen LogP contribution in [0, 0.1) is 0 Å². The van der Waals surface area contributed by atoms with Crippen LogP contribution in [0.5, 0.6) is 0 Å². The van der Waals surface area contributed by atoms with Crippen LogP contribution in [-0.4, -0.2) is 51.8 Å². The van der Waals surface area contributed by atoms with Crippen molar-refractivity contribution in [2.24, 2.45) is 0 Å². The summed E-state index contributed by atoms with van der Waals surface area (Å²) in [6.45, 7) is 0.661. The predicted octanol–water partition coefficient (Wildman–Crippen LogP) is 2.94. The quantitative estimate of drug-likeness (QED) is 0.475. The average Bonchev–Trinajstić information content (AvgIpc) is 2.97. The van der Waals surface area contributed by atoms with Crippen LogP contribution >= 0.6 is 11.8 Å². The highest BCUT2D eigenvalue weighted by atomic mass is 32.2. The van der Waals surface area contributed by atoms with Gasteiger partial charge in [-0.15, -0.1) is 0 Å². The maximum atomic E-state index is 12.1. The van der Waals surface area contributed by atoms with Gasteiger partial charge in [0.2, 0.25) is 5.91 Å². The van der Waals surface area contributed by atoms with Crippen LogP contribution < -0.4 is 0 Å². The zero-order valence-corrected chi connectivity index (χ0v) is 15.6. The number of rotatable bonds is 11. The molecular formula is C20H25NO4S. The van der Waals surface area contributed by atoms with E-state index in [0.717, 1.165) is 30.6 Å². The van der Waals surface area contributed by atoms with Crippen LogP contribution in [0.3, 0.4) is 0 Å². The molecule has 1 aromatic rings. The van der Waals surface area contributed by atoms with E-state index in [9.17, 15) is 14.4 Å². The van der Waals surface area contributed by atoms with E-state index in [-0.39, 0.29) is 23.5 Å². The number of ketones is 1. The van der Waals surface area contributed by atoms with Gasteiger partial charge in [0.05, 0.1) is 11.8 Å². The number of unbranched alkanes of at least 4 members (excludes halogenated alkanes) is 1. The smallest absolute Gasteiger partial charge is 0.313 e. The molecule has 1 aromatic carbocycles. The van der Waals surface area contributed by atoms with Crippen LogP contribution in [0.25, 0.3) is 0 Å². The average molecular weight is 375 g/mol. The summed E-state index contributed by atoms with van der Waals surface area (Å²) in [4.78, 5) is 36.5. The Morgan fingerprint density at radius 1 is 1.23 bits per heavy atom. The van der Waals surface area contributed by atoms with Crippen molar-refractivity contribution >= 4 is 29.4 Å². The first-order valence-electron chi connectivity index (χ1n) is 8.90. The van der Waals surface area contributed by atoms with Crippen molar-refractivity contribution in [1.29, 1.82) is 0 Å². The van der Waals surface area contributed by atoms with Gasteiger partial charge in [0, 0.05) is 19.4 Å². The number of nitrogens with zero attached hydrogens (tertiary/aromatic N) is 1. The summed E-state index contributed by atoms with van der Waals surface area (Å²) in [6.07, 6.45) is 6.84. The van der Waals surface area contributed by atoms with Crippen LogP contribution in [0.1, 0.15) is 31.2 Å². The van der Waals surface area contributed by atoms with Crippen molar-refractivity contribution in [1.82, 2.24) is 4.90 Å². The number of hydrogen-bond acceptors (Lipinski definition) is 4. The third-order valence-corrected chi connectivity index (χ3v) is 5.29. The molecule has 2 rings (SSSR count). The van der Waals surface area contributed by atoms with Gasteiger partial charge in [0.25, 0.3) is 0 Å². The largest absolute Gasteiger partial charge is 0.481 e. The monoisotopic (exact) mass is 375 g/mol. The number of carbonyl (C=O) groups excluding carboxylic acids is 2. The molecule has 1 aliphatic heterocycles. The number of carboxylic acid groups (broad SMARTS) is 1. The van der Waals surface area contributed by atoms with E-state index in [0.29, 0.717) is 19.4 Å². The van der Waals surface area contributed by atoms with Gasteiger partial charge >= 0.3 is 5.97 Å². The van der Waals surface area contributed by atoms with Crippen molar-refractivity contribution in [3.8, 4) is 0 Å². The number of aliphatic carboxylic acids is 1. The molecule has 0 radical (unpaired) electrons. The minimum atomic E-state index is -0.796. The molecule has 26 heavy (non-hydrogen) atoms. The Morgan fingerprint density at radius 3 is 2.73 bits per heavy atom. The second kappa shape index (κ2) is 10.8. The summed E-state index contributed by atoms with van der Waals surface area (Å²) in [5.74, 6) is 0.283. The van der Waals surface area contributed by atoms with Crippen molar-refractivity contribution in [2.45, 2.75) is 38.1 Å². The summed E-state index contributed by atoms with van der Waals surface area (Å²) in [5, 5.41) is 8.60. The highest BCUT2D eigenvalue weighted by Gasteiger charge is 2.28. The van der Waals surface area contributed by atoms with Gasteiger partial charge in [-0.1, -0.05) is 36.4 Å². The molecule has 1 amide bonds. The number of likely N-dealkylation sites (tertiary alicyclic amines) is 1. The Bertz CT molecular complexity index is 644. The van der Waals surface area contributed by atoms with Crippen LogP contribution in [-0.2, 0) is 20.8 Å². The summed E-state index contributed by atoms with van der Waals surface area (Å²) < 4.78 is 0. The van der Waals surface area contributed by atoms with Crippen LogP contribution in [0.2, 0.25) is 0 Å². The molecule has 140 valence electrons. The SMILES string of the molecule is O=C(O)CSCCCCN1C(=O)CC[C@@H]1C=CC(=O)Cc1ccccc1. The lowest BCUT2D eigenvalue weighted by Gasteiger charge is -2.22. The number of allylic oxidation sites excluding steroid dienone is 1. The first-order valence-corrected chi connectivity index (χ1v) is 10.1.